The molecule has 0 aliphatic rings. The summed E-state index contributed by atoms with van der Waals surface area (Å²) in [4.78, 5) is 10.9. The van der Waals surface area contributed by atoms with Gasteiger partial charge in [-0.05, 0) is 13.3 Å². The summed E-state index contributed by atoms with van der Waals surface area (Å²) >= 11 is 0. The molecule has 12 heteroatoms. The summed E-state index contributed by atoms with van der Waals surface area (Å²) in [5.74, 6) is 0. The van der Waals surface area contributed by atoms with Crippen molar-refractivity contribution in [3.8, 4) is 0 Å². The van der Waals surface area contributed by atoms with Gasteiger partial charge in [0.05, 0.1) is 0 Å². The maximum Gasteiger partial charge on any atom is 0.429 e. The quantitative estimate of drug-likeness (QED) is 0.794. The van der Waals surface area contributed by atoms with E-state index in [4.69, 9.17) is 0 Å². The van der Waals surface area contributed by atoms with Gasteiger partial charge in [-0.3, -0.25) is 5.32 Å². The highest BCUT2D eigenvalue weighted by atomic mass is 19.4. The Balaban J connectivity index is 5.79. The summed E-state index contributed by atoms with van der Waals surface area (Å²) < 4.78 is 116. The third-order valence-corrected chi connectivity index (χ3v) is 2.45. The fraction of sp³-hybridized carbons (Fsp3) is 0.889. The van der Waals surface area contributed by atoms with Crippen LogP contribution in [0, 0.1) is 0 Å². The van der Waals surface area contributed by atoms with Crippen LogP contribution >= 0.6 is 0 Å². The second-order valence-electron chi connectivity index (χ2n) is 3.99. The van der Waals surface area contributed by atoms with Crippen LogP contribution < -0.4 is 5.32 Å². The van der Waals surface area contributed by atoms with Crippen LogP contribution in [-0.2, 0) is 4.74 Å². The fourth-order valence-electron chi connectivity index (χ4n) is 1.14. The van der Waals surface area contributed by atoms with Crippen LogP contribution in [-0.4, -0.2) is 36.3 Å². The number of carbonyl (C=O) groups is 1. The van der Waals surface area contributed by atoms with Gasteiger partial charge in [0.1, 0.15) is 6.10 Å². The number of alkyl halides is 9. The van der Waals surface area contributed by atoms with Crippen LogP contribution in [0.25, 0.3) is 0 Å². The van der Waals surface area contributed by atoms with Crippen molar-refractivity contribution in [2.24, 2.45) is 0 Å². The first-order valence-electron chi connectivity index (χ1n) is 5.29. The van der Waals surface area contributed by atoms with Gasteiger partial charge >= 0.3 is 30.2 Å². The summed E-state index contributed by atoms with van der Waals surface area (Å²) in [5, 5.41) is -0.121. The average Bonchev–Trinajstić information content (AvgIpc) is 2.20. The molecule has 21 heavy (non-hydrogen) atoms. The SMILES string of the molecule is CC[C@@H](C)OC(=O)NC(C(F)(F)F)(C(F)(F)F)C(F)(F)F. The van der Waals surface area contributed by atoms with Crippen LogP contribution in [0.15, 0.2) is 0 Å². The van der Waals surface area contributed by atoms with E-state index in [0.29, 0.717) is 0 Å². The second-order valence-corrected chi connectivity index (χ2v) is 3.99. The van der Waals surface area contributed by atoms with E-state index in [1.54, 1.807) is 0 Å². The number of hydrogen-bond acceptors (Lipinski definition) is 2. The molecule has 0 aromatic heterocycles. The van der Waals surface area contributed by atoms with Crippen molar-refractivity contribution in [2.45, 2.75) is 50.4 Å². The summed E-state index contributed by atoms with van der Waals surface area (Å²) in [6, 6.07) is 0. The van der Waals surface area contributed by atoms with E-state index >= 15 is 0 Å². The molecular formula is C9H10F9NO2. The van der Waals surface area contributed by atoms with Crippen molar-refractivity contribution in [3.05, 3.63) is 0 Å². The molecule has 1 N–H and O–H groups in total. The molecule has 0 heterocycles. The Kier molecular flexibility index (Phi) is 5.42. The lowest BCUT2D eigenvalue weighted by Crippen LogP contribution is -2.75. The Hall–Kier alpha value is -1.36. The molecule has 0 bridgehead atoms. The second kappa shape index (κ2) is 5.79. The van der Waals surface area contributed by atoms with E-state index in [9.17, 15) is 44.3 Å². The number of hydrogen-bond donors (Lipinski definition) is 1. The van der Waals surface area contributed by atoms with E-state index in [-0.39, 0.29) is 11.7 Å². The normalized spacial score (nSPS) is 15.6. The van der Waals surface area contributed by atoms with Crippen molar-refractivity contribution in [2.75, 3.05) is 0 Å². The molecular weight excluding hydrogens is 325 g/mol. The Labute approximate surface area is 112 Å². The number of carbonyl (C=O) groups excluding carboxylic acids is 1. The number of halogens is 9. The van der Waals surface area contributed by atoms with Gasteiger partial charge < -0.3 is 4.74 Å². The van der Waals surface area contributed by atoms with Crippen molar-refractivity contribution in [1.29, 1.82) is 0 Å². The largest absolute Gasteiger partial charge is 0.447 e. The zero-order chi connectivity index (χ0) is 17.3. The highest BCUT2D eigenvalue weighted by Gasteiger charge is 2.85. The summed E-state index contributed by atoms with van der Waals surface area (Å²) in [5.41, 5.74) is -6.41. The molecule has 0 spiro atoms. The Morgan fingerprint density at radius 3 is 1.52 bits per heavy atom. The molecule has 0 fully saturated rings. The molecule has 0 saturated heterocycles. The highest BCUT2D eigenvalue weighted by molar-refractivity contribution is 5.69. The molecule has 0 unspecified atom stereocenters. The summed E-state index contributed by atoms with van der Waals surface area (Å²) in [6.07, 6.45) is -24.3. The van der Waals surface area contributed by atoms with Gasteiger partial charge in [-0.15, -0.1) is 0 Å². The van der Waals surface area contributed by atoms with E-state index in [1.807, 2.05) is 0 Å². The molecule has 0 aromatic rings. The number of alkyl carbamates (subject to hydrolysis) is 1. The van der Waals surface area contributed by atoms with Crippen LogP contribution in [0.3, 0.4) is 0 Å². The molecule has 0 aromatic carbocycles. The van der Waals surface area contributed by atoms with Crippen LogP contribution in [0.5, 0.6) is 0 Å². The summed E-state index contributed by atoms with van der Waals surface area (Å²) in [7, 11) is 0. The number of rotatable bonds is 3. The smallest absolute Gasteiger partial charge is 0.429 e. The van der Waals surface area contributed by atoms with E-state index < -0.39 is 36.3 Å². The zero-order valence-electron chi connectivity index (χ0n) is 10.5. The molecule has 0 aliphatic carbocycles. The molecule has 126 valence electrons. The fourth-order valence-corrected chi connectivity index (χ4v) is 1.14. The first kappa shape index (κ1) is 19.6. The predicted octanol–water partition coefficient (Wildman–Crippen LogP) is 3.94. The molecule has 1 amide bonds. The van der Waals surface area contributed by atoms with Gasteiger partial charge in [-0.2, -0.15) is 39.5 Å². The van der Waals surface area contributed by atoms with Gasteiger partial charge in [-0.1, -0.05) is 6.92 Å². The highest BCUT2D eigenvalue weighted by Crippen LogP contribution is 2.52. The van der Waals surface area contributed by atoms with Crippen LogP contribution in [0.2, 0.25) is 0 Å². The number of ether oxygens (including phenoxy) is 1. The lowest BCUT2D eigenvalue weighted by Gasteiger charge is -2.38. The maximum absolute atomic E-state index is 12.4. The van der Waals surface area contributed by atoms with Gasteiger partial charge in [-0.25, -0.2) is 4.79 Å². The zero-order valence-corrected chi connectivity index (χ0v) is 10.5. The minimum absolute atomic E-state index is 0.0233. The molecule has 0 aliphatic heterocycles. The maximum atomic E-state index is 12.4. The average molecular weight is 335 g/mol. The van der Waals surface area contributed by atoms with Crippen molar-refractivity contribution < 1.29 is 49.0 Å². The standard InChI is InChI=1S/C9H10F9NO2/c1-3-4(2)21-5(20)19-6(7(10,11)12,8(13,14)15)9(16,17)18/h4H,3H2,1-2H3,(H,19,20)/t4-/m1/s1. The van der Waals surface area contributed by atoms with Gasteiger partial charge in [0.2, 0.25) is 0 Å². The topological polar surface area (TPSA) is 38.3 Å². The molecule has 0 saturated carbocycles. The minimum Gasteiger partial charge on any atom is -0.447 e. The van der Waals surface area contributed by atoms with Crippen molar-refractivity contribution in [3.63, 3.8) is 0 Å². The van der Waals surface area contributed by atoms with E-state index in [1.165, 1.54) is 6.92 Å². The third kappa shape index (κ3) is 3.84. The number of amides is 1. The van der Waals surface area contributed by atoms with Crippen LogP contribution in [0.4, 0.5) is 44.3 Å². The lowest BCUT2D eigenvalue weighted by molar-refractivity contribution is -0.387. The number of nitrogens with one attached hydrogen (secondary N) is 1. The Morgan fingerprint density at radius 2 is 1.29 bits per heavy atom. The van der Waals surface area contributed by atoms with Crippen molar-refractivity contribution in [1.82, 2.24) is 5.32 Å². The first-order chi connectivity index (χ1) is 9.10. The molecule has 0 radical (unpaired) electrons. The first-order valence-corrected chi connectivity index (χ1v) is 5.29. The minimum atomic E-state index is -6.86. The van der Waals surface area contributed by atoms with Gasteiger partial charge in [0.15, 0.2) is 0 Å². The lowest BCUT2D eigenvalue weighted by atomic mass is 9.97. The third-order valence-electron chi connectivity index (χ3n) is 2.45. The van der Waals surface area contributed by atoms with Crippen LogP contribution in [0.1, 0.15) is 20.3 Å². The molecule has 1 atom stereocenters. The summed E-state index contributed by atoms with van der Waals surface area (Å²) in [6.45, 7) is 2.43. The molecule has 3 nitrogen and oxygen atoms in total. The van der Waals surface area contributed by atoms with E-state index in [0.717, 1.165) is 6.92 Å². The van der Waals surface area contributed by atoms with Crippen molar-refractivity contribution >= 4 is 6.09 Å². The Bertz CT molecular complexity index is 335. The van der Waals surface area contributed by atoms with E-state index in [2.05, 4.69) is 4.74 Å². The monoisotopic (exact) mass is 335 g/mol. The van der Waals surface area contributed by atoms with Gasteiger partial charge in [0, 0.05) is 0 Å². The molecule has 0 rings (SSSR count). The predicted molar refractivity (Wildman–Crippen MR) is 50.3 cm³/mol. The van der Waals surface area contributed by atoms with Gasteiger partial charge in [0.25, 0.3) is 0 Å². The Morgan fingerprint density at radius 1 is 0.952 bits per heavy atom.